The van der Waals surface area contributed by atoms with Crippen LogP contribution in [0.3, 0.4) is 0 Å². The highest BCUT2D eigenvalue weighted by atomic mass is 35.5. The van der Waals surface area contributed by atoms with E-state index in [-0.39, 0.29) is 35.3 Å². The van der Waals surface area contributed by atoms with Gasteiger partial charge in [-0.2, -0.15) is 0 Å². The van der Waals surface area contributed by atoms with Crippen molar-refractivity contribution in [2.45, 2.75) is 5.92 Å². The van der Waals surface area contributed by atoms with E-state index in [1.807, 2.05) is 6.07 Å². The normalized spacial score (nSPS) is 16.3. The van der Waals surface area contributed by atoms with Crippen molar-refractivity contribution < 1.29 is 24.2 Å². The maximum atomic E-state index is 14.0. The number of alkyl halides is 1. The molecule has 1 saturated heterocycles. The first-order chi connectivity index (χ1) is 22.8. The second kappa shape index (κ2) is 11.1. The lowest BCUT2D eigenvalue weighted by Gasteiger charge is -2.26. The minimum atomic E-state index is -0.308. The van der Waals surface area contributed by atoms with Gasteiger partial charge in [-0.1, -0.05) is 0 Å². The van der Waals surface area contributed by atoms with Crippen molar-refractivity contribution in [2.75, 3.05) is 54.7 Å². The van der Waals surface area contributed by atoms with Crippen LogP contribution in [0.5, 0.6) is 5.75 Å². The Hall–Kier alpha value is -5.46. The molecule has 3 aromatic carbocycles. The molecule has 47 heavy (non-hydrogen) atoms. The number of benzene rings is 3. The monoisotopic (exact) mass is 651 g/mol. The van der Waals surface area contributed by atoms with Gasteiger partial charge in [0.1, 0.15) is 22.8 Å². The maximum Gasteiger partial charge on any atom is 0.274 e. The van der Waals surface area contributed by atoms with E-state index in [2.05, 4.69) is 20.3 Å². The molecule has 0 aliphatic carbocycles. The fourth-order valence-electron chi connectivity index (χ4n) is 6.66. The van der Waals surface area contributed by atoms with Crippen LogP contribution in [0, 0.1) is 0 Å². The van der Waals surface area contributed by atoms with Crippen molar-refractivity contribution in [2.24, 2.45) is 0 Å². The van der Waals surface area contributed by atoms with Gasteiger partial charge in [-0.05, 0) is 60.2 Å². The van der Waals surface area contributed by atoms with Gasteiger partial charge in [0.25, 0.3) is 17.7 Å². The summed E-state index contributed by atoms with van der Waals surface area (Å²) in [5, 5.41) is 16.2. The molecule has 0 unspecified atom stereocenters. The third-order valence-corrected chi connectivity index (χ3v) is 9.35. The van der Waals surface area contributed by atoms with E-state index in [1.54, 1.807) is 64.4 Å². The number of nitrogen functional groups attached to an aromatic ring is 1. The Morgan fingerprint density at radius 2 is 1.60 bits per heavy atom. The molecule has 3 amide bonds. The number of aromatic amines is 3. The van der Waals surface area contributed by atoms with Gasteiger partial charge in [-0.15, -0.1) is 11.6 Å². The highest BCUT2D eigenvalue weighted by Gasteiger charge is 2.36. The van der Waals surface area contributed by atoms with E-state index in [1.165, 1.54) is 0 Å². The fraction of sp³-hybridized carbons (Fsp3) is 0.206. The van der Waals surface area contributed by atoms with Gasteiger partial charge in [-0.3, -0.25) is 14.4 Å². The lowest BCUT2D eigenvalue weighted by atomic mass is 9.98. The average molecular weight is 652 g/mol. The SMILES string of the molecule is Nc1ccc2[nH]c(C(=O)Nc3ccc4[nH]c(C(=O)N5C[C@@H](CCl)c6c5cc(O)c5[nH]c(C(=O)N7CCOCC7)cc65)cc4c3)cc2c1. The summed E-state index contributed by atoms with van der Waals surface area (Å²) in [5.74, 6) is -0.814. The molecule has 12 nitrogen and oxygen atoms in total. The van der Waals surface area contributed by atoms with Crippen LogP contribution in [0.2, 0.25) is 0 Å². The Kier molecular flexibility index (Phi) is 6.85. The number of anilines is 3. The number of aromatic nitrogens is 3. The summed E-state index contributed by atoms with van der Waals surface area (Å²) in [6.07, 6.45) is 0. The Labute approximate surface area is 272 Å². The largest absolute Gasteiger partial charge is 0.506 e. The van der Waals surface area contributed by atoms with Crippen LogP contribution in [-0.4, -0.2) is 81.4 Å². The van der Waals surface area contributed by atoms with Crippen LogP contribution < -0.4 is 16.0 Å². The Bertz CT molecular complexity index is 2250. The average Bonchev–Trinajstić information content (AvgIpc) is 3.87. The summed E-state index contributed by atoms with van der Waals surface area (Å²) in [6.45, 7) is 2.24. The summed E-state index contributed by atoms with van der Waals surface area (Å²) in [5.41, 5.74) is 11.5. The number of nitrogens with one attached hydrogen (secondary N) is 4. The third kappa shape index (κ3) is 4.93. The molecule has 7 N–H and O–H groups in total. The molecule has 5 heterocycles. The molecule has 0 bridgehead atoms. The number of nitrogens with zero attached hydrogens (tertiary/aromatic N) is 2. The number of H-pyrrole nitrogens is 3. The lowest BCUT2D eigenvalue weighted by Crippen LogP contribution is -2.40. The van der Waals surface area contributed by atoms with E-state index in [0.29, 0.717) is 77.9 Å². The number of phenols is 1. The van der Waals surface area contributed by atoms with Crippen molar-refractivity contribution in [1.82, 2.24) is 19.9 Å². The number of aromatic hydroxyl groups is 1. The van der Waals surface area contributed by atoms with Gasteiger partial charge in [0.15, 0.2) is 0 Å². The van der Waals surface area contributed by atoms with Crippen LogP contribution in [0.15, 0.2) is 60.7 Å². The lowest BCUT2D eigenvalue weighted by molar-refractivity contribution is 0.0299. The molecule has 8 rings (SSSR count). The number of fused-ring (bicyclic) bond motifs is 5. The van der Waals surface area contributed by atoms with E-state index < -0.39 is 0 Å². The number of rotatable bonds is 5. The number of hydrogen-bond acceptors (Lipinski definition) is 6. The second-order valence-electron chi connectivity index (χ2n) is 11.9. The van der Waals surface area contributed by atoms with Gasteiger partial charge in [0, 0.05) is 76.1 Å². The smallest absolute Gasteiger partial charge is 0.274 e. The standard InChI is InChI=1S/C34H30ClN7O5/c35-15-19-16-42(28-14-29(43)31-22(30(19)28)13-27(40-31)33(45)41-5-7-47-8-6-41)34(46)26-12-18-10-21(2-4-24(18)39-26)37-32(44)25-11-17-9-20(36)1-3-23(17)38-25/h1-4,9-14,19,38-40,43H,5-8,15-16,36H2,(H,37,44)/t19-/m1/s1. The Morgan fingerprint density at radius 3 is 2.38 bits per heavy atom. The number of carbonyl (C=O) groups is 3. The highest BCUT2D eigenvalue weighted by molar-refractivity contribution is 6.19. The van der Waals surface area contributed by atoms with Gasteiger partial charge in [-0.25, -0.2) is 0 Å². The number of nitrogens with two attached hydrogens (primary N) is 1. The molecule has 1 fully saturated rings. The van der Waals surface area contributed by atoms with Gasteiger partial charge in [0.05, 0.1) is 24.4 Å². The number of phenolic OH excluding ortho intramolecular Hbond substituents is 1. The van der Waals surface area contributed by atoms with Crippen LogP contribution in [-0.2, 0) is 4.74 Å². The van der Waals surface area contributed by atoms with Crippen LogP contribution in [0.4, 0.5) is 17.1 Å². The zero-order chi connectivity index (χ0) is 32.4. The third-order valence-electron chi connectivity index (χ3n) is 8.97. The first-order valence-electron chi connectivity index (χ1n) is 15.2. The summed E-state index contributed by atoms with van der Waals surface area (Å²) in [4.78, 5) is 52.9. The number of carbonyl (C=O) groups excluding carboxylic acids is 3. The molecule has 6 aromatic rings. The number of halogens is 1. The molecule has 238 valence electrons. The topological polar surface area (TPSA) is 173 Å². The Balaban J connectivity index is 1.07. The molecule has 2 aliphatic heterocycles. The number of ether oxygens (including phenoxy) is 1. The van der Waals surface area contributed by atoms with E-state index in [9.17, 15) is 19.5 Å². The first kappa shape index (κ1) is 29.0. The molecule has 0 saturated carbocycles. The van der Waals surface area contributed by atoms with Crippen LogP contribution >= 0.6 is 11.6 Å². The molecule has 1 atom stereocenters. The molecular weight excluding hydrogens is 622 g/mol. The number of hydrogen-bond donors (Lipinski definition) is 6. The number of morpholine rings is 1. The van der Waals surface area contributed by atoms with Gasteiger partial charge >= 0.3 is 0 Å². The molecule has 3 aromatic heterocycles. The summed E-state index contributed by atoms with van der Waals surface area (Å²) in [7, 11) is 0. The predicted molar refractivity (Wildman–Crippen MR) is 181 cm³/mol. The first-order valence-corrected chi connectivity index (χ1v) is 15.8. The molecule has 0 spiro atoms. The Morgan fingerprint density at radius 1 is 0.894 bits per heavy atom. The second-order valence-corrected chi connectivity index (χ2v) is 12.2. The van der Waals surface area contributed by atoms with E-state index in [0.717, 1.165) is 27.4 Å². The molecule has 13 heteroatoms. The van der Waals surface area contributed by atoms with Crippen LogP contribution in [0.1, 0.15) is 42.9 Å². The van der Waals surface area contributed by atoms with Crippen LogP contribution in [0.25, 0.3) is 32.7 Å². The highest BCUT2D eigenvalue weighted by Crippen LogP contribution is 2.46. The summed E-state index contributed by atoms with van der Waals surface area (Å²) >= 11 is 6.43. The summed E-state index contributed by atoms with van der Waals surface area (Å²) < 4.78 is 5.37. The molecule has 2 aliphatic rings. The van der Waals surface area contributed by atoms with E-state index in [4.69, 9.17) is 22.1 Å². The van der Waals surface area contributed by atoms with Gasteiger partial charge in [0.2, 0.25) is 0 Å². The zero-order valence-electron chi connectivity index (χ0n) is 25.0. The van der Waals surface area contributed by atoms with Crippen molar-refractivity contribution in [3.05, 3.63) is 83.3 Å². The summed E-state index contributed by atoms with van der Waals surface area (Å²) in [6, 6.07) is 17.5. The zero-order valence-corrected chi connectivity index (χ0v) is 25.8. The number of amides is 3. The van der Waals surface area contributed by atoms with Crippen molar-refractivity contribution >= 4 is 79.1 Å². The van der Waals surface area contributed by atoms with Crippen molar-refractivity contribution in [3.8, 4) is 5.75 Å². The van der Waals surface area contributed by atoms with Gasteiger partial charge < -0.3 is 45.6 Å². The van der Waals surface area contributed by atoms with E-state index >= 15 is 0 Å². The van der Waals surface area contributed by atoms with Crippen molar-refractivity contribution in [1.29, 1.82) is 0 Å². The fourth-order valence-corrected chi connectivity index (χ4v) is 6.91. The maximum absolute atomic E-state index is 14.0. The van der Waals surface area contributed by atoms with Crippen molar-refractivity contribution in [3.63, 3.8) is 0 Å². The quantitative estimate of drug-likeness (QED) is 0.111. The minimum absolute atomic E-state index is 0.0664. The molecule has 0 radical (unpaired) electrons. The predicted octanol–water partition coefficient (Wildman–Crippen LogP) is 5.13. The minimum Gasteiger partial charge on any atom is -0.506 e. The molecular formula is C34H30ClN7O5.